The molecule has 1 heterocycles. The SMILES string of the molecule is CN(C)CC(=O)NC1(C(=O)O)CCSC1. The van der Waals surface area contributed by atoms with Gasteiger partial charge in [0.1, 0.15) is 5.54 Å². The van der Waals surface area contributed by atoms with E-state index in [1.807, 2.05) is 0 Å². The largest absolute Gasteiger partial charge is 0.479 e. The Hall–Kier alpha value is -0.750. The maximum absolute atomic E-state index is 11.5. The van der Waals surface area contributed by atoms with Gasteiger partial charge in [-0.25, -0.2) is 4.79 Å². The second-order valence-corrected chi connectivity index (χ2v) is 5.08. The third-order valence-electron chi connectivity index (χ3n) is 2.27. The summed E-state index contributed by atoms with van der Waals surface area (Å²) >= 11 is 1.56. The van der Waals surface area contributed by atoms with Crippen molar-refractivity contribution in [2.45, 2.75) is 12.0 Å². The van der Waals surface area contributed by atoms with E-state index in [0.717, 1.165) is 5.75 Å². The molecule has 0 aromatic heterocycles. The average Bonchev–Trinajstić information content (AvgIpc) is 2.52. The predicted octanol–water partition coefficient (Wildman–Crippen LogP) is -0.375. The van der Waals surface area contributed by atoms with E-state index in [4.69, 9.17) is 5.11 Å². The van der Waals surface area contributed by atoms with Crippen molar-refractivity contribution in [3.63, 3.8) is 0 Å². The van der Waals surface area contributed by atoms with Crippen molar-refractivity contribution in [2.75, 3.05) is 32.1 Å². The van der Waals surface area contributed by atoms with Gasteiger partial charge in [-0.2, -0.15) is 11.8 Å². The van der Waals surface area contributed by atoms with Gasteiger partial charge >= 0.3 is 5.97 Å². The van der Waals surface area contributed by atoms with Crippen molar-refractivity contribution in [1.29, 1.82) is 0 Å². The zero-order valence-electron chi connectivity index (χ0n) is 8.95. The predicted molar refractivity (Wildman–Crippen MR) is 59.0 cm³/mol. The van der Waals surface area contributed by atoms with E-state index in [-0.39, 0.29) is 12.5 Å². The molecule has 2 N–H and O–H groups in total. The number of aliphatic carboxylic acids is 1. The van der Waals surface area contributed by atoms with E-state index in [9.17, 15) is 9.59 Å². The van der Waals surface area contributed by atoms with Crippen LogP contribution in [0.5, 0.6) is 0 Å². The lowest BCUT2D eigenvalue weighted by Gasteiger charge is -2.25. The van der Waals surface area contributed by atoms with E-state index < -0.39 is 11.5 Å². The minimum absolute atomic E-state index is 0.222. The van der Waals surface area contributed by atoms with E-state index in [2.05, 4.69) is 5.32 Å². The van der Waals surface area contributed by atoms with Gasteiger partial charge in [-0.3, -0.25) is 4.79 Å². The lowest BCUT2D eigenvalue weighted by atomic mass is 9.99. The van der Waals surface area contributed by atoms with Crippen molar-refractivity contribution in [1.82, 2.24) is 10.2 Å². The van der Waals surface area contributed by atoms with Gasteiger partial charge in [0.05, 0.1) is 6.54 Å². The Morgan fingerprint density at radius 2 is 2.20 bits per heavy atom. The van der Waals surface area contributed by atoms with Crippen LogP contribution in [0.2, 0.25) is 0 Å². The Morgan fingerprint density at radius 1 is 1.53 bits per heavy atom. The third-order valence-corrected chi connectivity index (χ3v) is 3.46. The van der Waals surface area contributed by atoms with Crippen LogP contribution in [0.15, 0.2) is 0 Å². The van der Waals surface area contributed by atoms with Crippen LogP contribution in [0.1, 0.15) is 6.42 Å². The molecule has 0 radical (unpaired) electrons. The molecule has 0 spiro atoms. The van der Waals surface area contributed by atoms with E-state index in [1.165, 1.54) is 0 Å². The topological polar surface area (TPSA) is 69.6 Å². The van der Waals surface area contributed by atoms with Gasteiger partial charge in [0.15, 0.2) is 0 Å². The zero-order chi connectivity index (χ0) is 11.5. The van der Waals surface area contributed by atoms with Gasteiger partial charge in [-0.1, -0.05) is 0 Å². The number of carboxylic acid groups (broad SMARTS) is 1. The normalized spacial score (nSPS) is 25.5. The number of nitrogens with zero attached hydrogens (tertiary/aromatic N) is 1. The van der Waals surface area contributed by atoms with Crippen LogP contribution in [0.3, 0.4) is 0 Å². The number of likely N-dealkylation sites (N-methyl/N-ethyl adjacent to an activating group) is 1. The summed E-state index contributed by atoms with van der Waals surface area (Å²) in [7, 11) is 3.55. The van der Waals surface area contributed by atoms with E-state index in [0.29, 0.717) is 12.2 Å². The van der Waals surface area contributed by atoms with Crippen molar-refractivity contribution in [3.05, 3.63) is 0 Å². The standard InChI is InChI=1S/C9H16N2O3S/c1-11(2)5-7(12)10-9(8(13)14)3-4-15-6-9/h3-6H2,1-2H3,(H,10,12)(H,13,14). The first-order chi connectivity index (χ1) is 6.96. The molecule has 0 aromatic carbocycles. The number of thioether (sulfide) groups is 1. The van der Waals surface area contributed by atoms with Gasteiger partial charge in [0, 0.05) is 5.75 Å². The Kier molecular flexibility index (Phi) is 3.98. The molecule has 1 saturated heterocycles. The summed E-state index contributed by atoms with van der Waals surface area (Å²) in [6.45, 7) is 0.222. The number of hydrogen-bond donors (Lipinski definition) is 2. The molecular weight excluding hydrogens is 216 g/mol. The van der Waals surface area contributed by atoms with Crippen molar-refractivity contribution in [2.24, 2.45) is 0 Å². The van der Waals surface area contributed by atoms with Crippen molar-refractivity contribution in [3.8, 4) is 0 Å². The molecule has 1 atom stereocenters. The van der Waals surface area contributed by atoms with Crippen molar-refractivity contribution < 1.29 is 14.7 Å². The molecule has 0 aliphatic carbocycles. The molecule has 0 saturated carbocycles. The van der Waals surface area contributed by atoms with Gasteiger partial charge in [-0.05, 0) is 26.3 Å². The molecule has 1 amide bonds. The summed E-state index contributed by atoms with van der Waals surface area (Å²) in [6.07, 6.45) is 0.506. The summed E-state index contributed by atoms with van der Waals surface area (Å²) in [5, 5.41) is 11.7. The fraction of sp³-hybridized carbons (Fsp3) is 0.778. The molecule has 5 nitrogen and oxygen atoms in total. The molecule has 1 aliphatic rings. The molecule has 1 fully saturated rings. The van der Waals surface area contributed by atoms with Crippen LogP contribution in [-0.2, 0) is 9.59 Å². The van der Waals surface area contributed by atoms with Gasteiger partial charge < -0.3 is 15.3 Å². The fourth-order valence-electron chi connectivity index (χ4n) is 1.48. The van der Waals surface area contributed by atoms with Crippen molar-refractivity contribution >= 4 is 23.6 Å². The molecule has 1 rings (SSSR count). The summed E-state index contributed by atoms with van der Waals surface area (Å²) in [5.41, 5.74) is -1.04. The van der Waals surface area contributed by atoms with Gasteiger partial charge in [-0.15, -0.1) is 0 Å². The molecule has 1 unspecified atom stereocenters. The third kappa shape index (κ3) is 3.10. The molecular formula is C9H16N2O3S. The monoisotopic (exact) mass is 232 g/mol. The highest BCUT2D eigenvalue weighted by atomic mass is 32.2. The number of hydrogen-bond acceptors (Lipinski definition) is 4. The van der Waals surface area contributed by atoms with Crippen LogP contribution in [0, 0.1) is 0 Å². The summed E-state index contributed by atoms with van der Waals surface area (Å²) in [6, 6.07) is 0. The number of carbonyl (C=O) groups is 2. The minimum atomic E-state index is -1.04. The van der Waals surface area contributed by atoms with Gasteiger partial charge in [0.25, 0.3) is 0 Å². The molecule has 86 valence electrons. The Bertz CT molecular complexity index is 262. The molecule has 1 aliphatic heterocycles. The highest BCUT2D eigenvalue weighted by molar-refractivity contribution is 7.99. The molecule has 6 heteroatoms. The van der Waals surface area contributed by atoms with Crippen LogP contribution >= 0.6 is 11.8 Å². The zero-order valence-corrected chi connectivity index (χ0v) is 9.76. The Balaban J connectivity index is 2.59. The lowest BCUT2D eigenvalue weighted by Crippen LogP contribution is -2.56. The fourth-order valence-corrected chi connectivity index (χ4v) is 2.80. The quantitative estimate of drug-likeness (QED) is 0.692. The Morgan fingerprint density at radius 3 is 2.60 bits per heavy atom. The van der Waals surface area contributed by atoms with Gasteiger partial charge in [0.2, 0.25) is 5.91 Å². The minimum Gasteiger partial charge on any atom is -0.479 e. The first-order valence-electron chi connectivity index (χ1n) is 4.73. The van der Waals surface area contributed by atoms with E-state index in [1.54, 1.807) is 30.8 Å². The number of nitrogens with one attached hydrogen (secondary N) is 1. The smallest absolute Gasteiger partial charge is 0.330 e. The number of rotatable bonds is 4. The van der Waals surface area contributed by atoms with Crippen LogP contribution < -0.4 is 5.32 Å². The van der Waals surface area contributed by atoms with Crippen LogP contribution in [-0.4, -0.2) is 59.6 Å². The maximum Gasteiger partial charge on any atom is 0.330 e. The van der Waals surface area contributed by atoms with Crippen LogP contribution in [0.4, 0.5) is 0 Å². The molecule has 15 heavy (non-hydrogen) atoms. The lowest BCUT2D eigenvalue weighted by molar-refractivity contribution is -0.146. The number of amides is 1. The number of carbonyl (C=O) groups excluding carboxylic acids is 1. The second-order valence-electron chi connectivity index (χ2n) is 3.98. The molecule has 0 bridgehead atoms. The maximum atomic E-state index is 11.5. The second kappa shape index (κ2) is 4.85. The summed E-state index contributed by atoms with van der Waals surface area (Å²) < 4.78 is 0. The highest BCUT2D eigenvalue weighted by Gasteiger charge is 2.43. The average molecular weight is 232 g/mol. The van der Waals surface area contributed by atoms with E-state index >= 15 is 0 Å². The first kappa shape index (κ1) is 12.3. The summed E-state index contributed by atoms with van der Waals surface area (Å²) in [5.74, 6) is 0.0836. The summed E-state index contributed by atoms with van der Waals surface area (Å²) in [4.78, 5) is 24.3. The number of carboxylic acids is 1. The Labute approximate surface area is 93.2 Å². The van der Waals surface area contributed by atoms with Crippen LogP contribution in [0.25, 0.3) is 0 Å². The molecule has 0 aromatic rings. The highest BCUT2D eigenvalue weighted by Crippen LogP contribution is 2.28. The first-order valence-corrected chi connectivity index (χ1v) is 5.89.